The standard InChI is InChI=1S/C12H20O6/c1-5(2)9(15)12(17,6(3)4)10-7(13)8(14)11(16)18-10/h5-6,9-10,13-15,17H,1-4H3/t9?,10-,12-/m0/s1. The predicted molar refractivity (Wildman–Crippen MR) is 62.8 cm³/mol. The lowest BCUT2D eigenvalue weighted by Crippen LogP contribution is -2.58. The normalized spacial score (nSPS) is 25.6. The predicted octanol–water partition coefficient (Wildman–Crippen LogP) is 0.643. The molecule has 0 spiro atoms. The van der Waals surface area contributed by atoms with Crippen LogP contribution in [0.3, 0.4) is 0 Å². The second kappa shape index (κ2) is 4.78. The Morgan fingerprint density at radius 3 is 2.00 bits per heavy atom. The highest BCUT2D eigenvalue weighted by Crippen LogP contribution is 2.37. The highest BCUT2D eigenvalue weighted by molar-refractivity contribution is 5.89. The maximum atomic E-state index is 11.2. The fourth-order valence-corrected chi connectivity index (χ4v) is 2.09. The van der Waals surface area contributed by atoms with Gasteiger partial charge in [-0.2, -0.15) is 0 Å². The summed E-state index contributed by atoms with van der Waals surface area (Å²) in [5.74, 6) is -3.58. The first kappa shape index (κ1) is 14.8. The van der Waals surface area contributed by atoms with Crippen molar-refractivity contribution in [3.05, 3.63) is 11.5 Å². The molecule has 0 aromatic carbocycles. The summed E-state index contributed by atoms with van der Waals surface area (Å²) in [7, 11) is 0. The molecule has 0 fully saturated rings. The van der Waals surface area contributed by atoms with Crippen molar-refractivity contribution >= 4 is 5.97 Å². The first-order valence-corrected chi connectivity index (χ1v) is 5.87. The van der Waals surface area contributed by atoms with E-state index in [0.29, 0.717) is 0 Å². The van der Waals surface area contributed by atoms with E-state index in [1.807, 2.05) is 0 Å². The average Bonchev–Trinajstić information content (AvgIpc) is 2.54. The van der Waals surface area contributed by atoms with Gasteiger partial charge in [-0.1, -0.05) is 27.7 Å². The molecule has 1 unspecified atom stereocenters. The molecule has 1 aliphatic heterocycles. The molecular weight excluding hydrogens is 240 g/mol. The van der Waals surface area contributed by atoms with E-state index in [1.165, 1.54) is 0 Å². The van der Waals surface area contributed by atoms with E-state index < -0.39 is 41.2 Å². The molecule has 0 bridgehead atoms. The van der Waals surface area contributed by atoms with E-state index >= 15 is 0 Å². The number of carbonyl (C=O) groups excluding carboxylic acids is 1. The smallest absolute Gasteiger partial charge is 0.378 e. The molecular formula is C12H20O6. The third-order valence-corrected chi connectivity index (χ3v) is 3.36. The van der Waals surface area contributed by atoms with E-state index in [2.05, 4.69) is 0 Å². The van der Waals surface area contributed by atoms with Crippen LogP contribution in [0.5, 0.6) is 0 Å². The molecule has 6 nitrogen and oxygen atoms in total. The summed E-state index contributed by atoms with van der Waals surface area (Å²) < 4.78 is 4.76. The Morgan fingerprint density at radius 2 is 1.72 bits per heavy atom. The van der Waals surface area contributed by atoms with Crippen LogP contribution in [-0.2, 0) is 9.53 Å². The molecule has 4 N–H and O–H groups in total. The van der Waals surface area contributed by atoms with Crippen molar-refractivity contribution in [2.24, 2.45) is 11.8 Å². The van der Waals surface area contributed by atoms with Crippen molar-refractivity contribution in [3.63, 3.8) is 0 Å². The highest BCUT2D eigenvalue weighted by Gasteiger charge is 2.55. The second-order valence-corrected chi connectivity index (χ2v) is 5.25. The van der Waals surface area contributed by atoms with Crippen LogP contribution in [0.1, 0.15) is 27.7 Å². The van der Waals surface area contributed by atoms with E-state index in [4.69, 9.17) is 4.74 Å². The van der Waals surface area contributed by atoms with Gasteiger partial charge in [-0.25, -0.2) is 4.79 Å². The third kappa shape index (κ3) is 2.06. The van der Waals surface area contributed by atoms with E-state index in [-0.39, 0.29) is 5.92 Å². The quantitative estimate of drug-likeness (QED) is 0.553. The van der Waals surface area contributed by atoms with E-state index in [0.717, 1.165) is 0 Å². The molecule has 1 aliphatic rings. The Balaban J connectivity index is 3.20. The van der Waals surface area contributed by atoms with Crippen LogP contribution in [0.15, 0.2) is 11.5 Å². The van der Waals surface area contributed by atoms with Gasteiger partial charge in [0, 0.05) is 0 Å². The number of aliphatic hydroxyl groups excluding tert-OH is 3. The van der Waals surface area contributed by atoms with Crippen LogP contribution >= 0.6 is 0 Å². The molecule has 0 aromatic heterocycles. The Morgan fingerprint density at radius 1 is 1.22 bits per heavy atom. The zero-order chi connectivity index (χ0) is 14.2. The van der Waals surface area contributed by atoms with E-state index in [1.54, 1.807) is 27.7 Å². The zero-order valence-corrected chi connectivity index (χ0v) is 10.9. The largest absolute Gasteiger partial charge is 0.505 e. The van der Waals surface area contributed by atoms with Crippen molar-refractivity contribution in [2.75, 3.05) is 0 Å². The van der Waals surface area contributed by atoms with Gasteiger partial charge in [0.15, 0.2) is 11.9 Å². The number of carbonyl (C=O) groups is 1. The third-order valence-electron chi connectivity index (χ3n) is 3.36. The van der Waals surface area contributed by atoms with E-state index in [9.17, 15) is 25.2 Å². The van der Waals surface area contributed by atoms with Crippen molar-refractivity contribution in [1.29, 1.82) is 0 Å². The topological polar surface area (TPSA) is 107 Å². The number of rotatable bonds is 4. The van der Waals surface area contributed by atoms with Crippen molar-refractivity contribution in [1.82, 2.24) is 0 Å². The molecule has 0 saturated heterocycles. The molecule has 1 heterocycles. The summed E-state index contributed by atoms with van der Waals surface area (Å²) in [5.41, 5.74) is -1.86. The lowest BCUT2D eigenvalue weighted by molar-refractivity contribution is -0.192. The molecule has 0 saturated carbocycles. The number of ether oxygens (including phenoxy) is 1. The molecule has 104 valence electrons. The van der Waals surface area contributed by atoms with Crippen LogP contribution in [0, 0.1) is 11.8 Å². The van der Waals surface area contributed by atoms with Gasteiger partial charge in [-0.05, 0) is 11.8 Å². The van der Waals surface area contributed by atoms with Gasteiger partial charge in [0.1, 0.15) is 5.60 Å². The maximum absolute atomic E-state index is 11.2. The Kier molecular flexibility index (Phi) is 3.92. The number of hydrogen-bond acceptors (Lipinski definition) is 6. The van der Waals surface area contributed by atoms with Crippen LogP contribution in [0.4, 0.5) is 0 Å². The average molecular weight is 260 g/mol. The van der Waals surface area contributed by atoms with Crippen molar-refractivity contribution in [3.8, 4) is 0 Å². The van der Waals surface area contributed by atoms with Crippen molar-refractivity contribution < 1.29 is 30.0 Å². The van der Waals surface area contributed by atoms with Crippen LogP contribution in [0.25, 0.3) is 0 Å². The summed E-state index contributed by atoms with van der Waals surface area (Å²) >= 11 is 0. The SMILES string of the molecule is CC(C)C(O)[C@@](O)(C(C)C)[C@H]1OC(=O)C(O)=C1O. The summed E-state index contributed by atoms with van der Waals surface area (Å²) in [6.45, 7) is 6.63. The summed E-state index contributed by atoms with van der Waals surface area (Å²) in [4.78, 5) is 11.2. The van der Waals surface area contributed by atoms with Gasteiger partial charge in [0.05, 0.1) is 6.10 Å². The zero-order valence-electron chi connectivity index (χ0n) is 10.9. The fraction of sp³-hybridized carbons (Fsp3) is 0.750. The minimum absolute atomic E-state index is 0.313. The molecule has 0 aliphatic carbocycles. The molecule has 0 radical (unpaired) electrons. The molecule has 0 aromatic rings. The molecule has 18 heavy (non-hydrogen) atoms. The Hall–Kier alpha value is -1.27. The van der Waals surface area contributed by atoms with Crippen LogP contribution in [-0.4, -0.2) is 44.2 Å². The molecule has 0 amide bonds. The van der Waals surface area contributed by atoms with Crippen LogP contribution < -0.4 is 0 Å². The molecule has 1 rings (SSSR count). The van der Waals surface area contributed by atoms with Gasteiger partial charge in [-0.15, -0.1) is 0 Å². The minimum atomic E-state index is -1.86. The number of esters is 1. The highest BCUT2D eigenvalue weighted by atomic mass is 16.6. The van der Waals surface area contributed by atoms with Gasteiger partial charge in [-0.3, -0.25) is 0 Å². The van der Waals surface area contributed by atoms with Crippen LogP contribution in [0.2, 0.25) is 0 Å². The number of aliphatic hydroxyl groups is 4. The van der Waals surface area contributed by atoms with Gasteiger partial charge in [0.25, 0.3) is 0 Å². The van der Waals surface area contributed by atoms with Crippen molar-refractivity contribution in [2.45, 2.75) is 45.5 Å². The molecule has 6 heteroatoms. The lowest BCUT2D eigenvalue weighted by atomic mass is 9.75. The van der Waals surface area contributed by atoms with Gasteiger partial charge < -0.3 is 25.2 Å². The maximum Gasteiger partial charge on any atom is 0.378 e. The monoisotopic (exact) mass is 260 g/mol. The number of hydrogen-bond donors (Lipinski definition) is 4. The Bertz CT molecular complexity index is 373. The summed E-state index contributed by atoms with van der Waals surface area (Å²) in [6, 6.07) is 0. The lowest BCUT2D eigenvalue weighted by Gasteiger charge is -2.41. The Labute approximate surface area is 106 Å². The summed E-state index contributed by atoms with van der Waals surface area (Å²) in [5, 5.41) is 39.6. The summed E-state index contributed by atoms with van der Waals surface area (Å²) in [6.07, 6.45) is -2.68. The molecule has 3 atom stereocenters. The first-order valence-electron chi connectivity index (χ1n) is 5.87. The fourth-order valence-electron chi connectivity index (χ4n) is 2.09. The van der Waals surface area contributed by atoms with Gasteiger partial charge >= 0.3 is 5.97 Å². The second-order valence-electron chi connectivity index (χ2n) is 5.25. The minimum Gasteiger partial charge on any atom is -0.505 e. The first-order chi connectivity index (χ1) is 8.13. The van der Waals surface area contributed by atoms with Gasteiger partial charge in [0.2, 0.25) is 5.76 Å². The number of cyclic esters (lactones) is 1.